The van der Waals surface area contributed by atoms with Gasteiger partial charge in [0.05, 0.1) is 16.7 Å². The van der Waals surface area contributed by atoms with Crippen LogP contribution in [0.15, 0.2) is 199 Å². The number of hydrogen-bond acceptors (Lipinski definition) is 7. The van der Waals surface area contributed by atoms with Gasteiger partial charge in [0, 0.05) is 51.6 Å². The summed E-state index contributed by atoms with van der Waals surface area (Å²) in [5.41, 5.74) is 7.03. The van der Waals surface area contributed by atoms with Crippen LogP contribution in [-0.4, -0.2) is 32.3 Å². The molecular weight excluding hydrogens is 801 g/mol. The van der Waals surface area contributed by atoms with Gasteiger partial charge in [-0.15, -0.1) is 0 Å². The van der Waals surface area contributed by atoms with Crippen molar-refractivity contribution in [1.82, 2.24) is 9.13 Å². The second-order valence-electron chi connectivity index (χ2n) is 15.3. The molecule has 9 heteroatoms. The summed E-state index contributed by atoms with van der Waals surface area (Å²) in [5.74, 6) is 1.56. The lowest BCUT2D eigenvalue weighted by Crippen LogP contribution is -2.20. The first kappa shape index (κ1) is 40.7. The van der Waals surface area contributed by atoms with Crippen LogP contribution in [0.25, 0.3) is 16.7 Å². The Kier molecular flexibility index (Phi) is 11.0. The zero-order valence-electron chi connectivity index (χ0n) is 34.7. The third-order valence-corrected chi connectivity index (χ3v) is 11.0. The molecule has 310 valence electrons. The number of ketones is 4. The highest BCUT2D eigenvalue weighted by Crippen LogP contribution is 2.28. The third-order valence-electron chi connectivity index (χ3n) is 11.0. The van der Waals surface area contributed by atoms with E-state index in [1.807, 2.05) is 43.3 Å². The van der Waals surface area contributed by atoms with Gasteiger partial charge in [-0.25, -0.2) is 4.79 Å². The average Bonchev–Trinajstić information content (AvgIpc) is 3.60. The van der Waals surface area contributed by atoms with Gasteiger partial charge in [0.2, 0.25) is 0 Å². The maximum absolute atomic E-state index is 13.4. The molecule has 9 nitrogen and oxygen atoms in total. The molecule has 1 heterocycles. The standard InChI is InChI=1S/C55H38N2O7/c1-35-7-9-36(10-8-35)51(58)37-11-15-39(16-12-37)53(60)42-21-27-45(28-22-42)63-47-31-33-48(34-32-47)64-46-29-23-43(24-30-46)54(61)40-17-13-38(14-18-40)52(59)41-19-25-44(26-20-41)57-50-6-4-3-5-49(50)56(2)55(57)62/h3-34H,1-2H3. The molecule has 0 N–H and O–H groups in total. The van der Waals surface area contributed by atoms with E-state index in [0.29, 0.717) is 73.2 Å². The van der Waals surface area contributed by atoms with Crippen molar-refractivity contribution in [1.29, 1.82) is 0 Å². The summed E-state index contributed by atoms with van der Waals surface area (Å²) in [6.45, 7) is 1.97. The Morgan fingerprint density at radius 2 is 0.625 bits per heavy atom. The molecule has 0 bridgehead atoms. The highest BCUT2D eigenvalue weighted by atomic mass is 16.5. The van der Waals surface area contributed by atoms with Crippen molar-refractivity contribution in [2.45, 2.75) is 6.92 Å². The quantitative estimate of drug-likeness (QED) is 0.106. The fourth-order valence-electron chi connectivity index (χ4n) is 7.42. The number of benzene rings is 8. The SMILES string of the molecule is Cc1ccc(C(=O)c2ccc(C(=O)c3ccc(Oc4ccc(Oc5ccc(C(=O)c6ccc(C(=O)c7ccc(-n8c(=O)n(C)c9ccccc98)cc7)cc6)cc5)cc4)cc3)cc2)cc1. The monoisotopic (exact) mass is 838 g/mol. The molecule has 8 aromatic carbocycles. The molecule has 0 saturated heterocycles. The molecule has 0 aliphatic heterocycles. The minimum atomic E-state index is -0.201. The Labute approximate surface area is 368 Å². The van der Waals surface area contributed by atoms with E-state index in [9.17, 15) is 24.0 Å². The summed E-state index contributed by atoms with van der Waals surface area (Å²) in [6.07, 6.45) is 0. The lowest BCUT2D eigenvalue weighted by atomic mass is 9.98. The largest absolute Gasteiger partial charge is 0.457 e. The van der Waals surface area contributed by atoms with Crippen molar-refractivity contribution in [3.63, 3.8) is 0 Å². The van der Waals surface area contributed by atoms with Crippen molar-refractivity contribution < 1.29 is 28.7 Å². The first-order chi connectivity index (χ1) is 31.1. The summed E-state index contributed by atoms with van der Waals surface area (Å²) in [7, 11) is 1.73. The van der Waals surface area contributed by atoms with E-state index < -0.39 is 0 Å². The van der Waals surface area contributed by atoms with Gasteiger partial charge in [0.25, 0.3) is 0 Å². The maximum atomic E-state index is 13.4. The molecule has 0 atom stereocenters. The fourth-order valence-corrected chi connectivity index (χ4v) is 7.42. The molecule has 0 fully saturated rings. The van der Waals surface area contributed by atoms with Gasteiger partial charge in [0.1, 0.15) is 23.0 Å². The Morgan fingerprint density at radius 1 is 0.359 bits per heavy atom. The van der Waals surface area contributed by atoms with E-state index in [2.05, 4.69) is 0 Å². The second-order valence-corrected chi connectivity index (χ2v) is 15.3. The fraction of sp³-hybridized carbons (Fsp3) is 0.0364. The normalized spacial score (nSPS) is 11.0. The smallest absolute Gasteiger partial charge is 0.333 e. The van der Waals surface area contributed by atoms with Crippen LogP contribution in [0.5, 0.6) is 23.0 Å². The van der Waals surface area contributed by atoms with Crippen LogP contribution in [0.1, 0.15) is 69.2 Å². The van der Waals surface area contributed by atoms with Crippen LogP contribution in [-0.2, 0) is 7.05 Å². The summed E-state index contributed by atoms with van der Waals surface area (Å²) in [6, 6.07) is 55.8. The van der Waals surface area contributed by atoms with Crippen molar-refractivity contribution in [2.24, 2.45) is 7.05 Å². The number of carbonyl (C=O) groups is 4. The number of para-hydroxylation sites is 2. The van der Waals surface area contributed by atoms with Gasteiger partial charge in [-0.2, -0.15) is 0 Å². The van der Waals surface area contributed by atoms with Crippen molar-refractivity contribution in [3.05, 3.63) is 255 Å². The van der Waals surface area contributed by atoms with Crippen molar-refractivity contribution in [2.75, 3.05) is 0 Å². The van der Waals surface area contributed by atoms with Crippen LogP contribution in [0, 0.1) is 6.92 Å². The molecule has 9 aromatic rings. The lowest BCUT2D eigenvalue weighted by molar-refractivity contribution is 0.102. The topological polar surface area (TPSA) is 114 Å². The number of nitrogens with zero attached hydrogens (tertiary/aromatic N) is 2. The molecule has 0 aliphatic carbocycles. The van der Waals surface area contributed by atoms with Crippen LogP contribution in [0.4, 0.5) is 0 Å². The summed E-state index contributed by atoms with van der Waals surface area (Å²) >= 11 is 0. The highest BCUT2D eigenvalue weighted by Gasteiger charge is 2.17. The third kappa shape index (κ3) is 8.33. The Hall–Kier alpha value is -8.69. The summed E-state index contributed by atoms with van der Waals surface area (Å²) < 4.78 is 15.2. The van der Waals surface area contributed by atoms with Crippen LogP contribution < -0.4 is 15.2 Å². The molecule has 0 saturated carbocycles. The molecule has 1 aromatic heterocycles. The first-order valence-electron chi connectivity index (χ1n) is 20.5. The lowest BCUT2D eigenvalue weighted by Gasteiger charge is -2.10. The molecule has 0 aliphatic rings. The predicted octanol–water partition coefficient (Wildman–Crippen LogP) is 11.1. The van der Waals surface area contributed by atoms with E-state index in [1.165, 1.54) is 0 Å². The number of carbonyl (C=O) groups excluding carboxylic acids is 4. The molecule has 0 amide bonds. The van der Waals surface area contributed by atoms with Crippen LogP contribution in [0.2, 0.25) is 0 Å². The molecule has 0 radical (unpaired) electrons. The number of fused-ring (bicyclic) bond motifs is 1. The van der Waals surface area contributed by atoms with Gasteiger partial charge in [0.15, 0.2) is 23.1 Å². The van der Waals surface area contributed by atoms with Gasteiger partial charge >= 0.3 is 5.69 Å². The van der Waals surface area contributed by atoms with Gasteiger partial charge in [-0.05, 0) is 116 Å². The molecule has 9 rings (SSSR count). The average molecular weight is 839 g/mol. The minimum absolute atomic E-state index is 0.0979. The van der Waals surface area contributed by atoms with E-state index in [4.69, 9.17) is 9.47 Å². The van der Waals surface area contributed by atoms with E-state index in [1.54, 1.807) is 174 Å². The number of ether oxygens (including phenoxy) is 2. The molecule has 0 spiro atoms. The van der Waals surface area contributed by atoms with E-state index >= 15 is 0 Å². The molecular formula is C55H38N2O7. The van der Waals surface area contributed by atoms with Gasteiger partial charge in [-0.3, -0.25) is 28.3 Å². The zero-order chi connectivity index (χ0) is 44.3. The maximum Gasteiger partial charge on any atom is 0.333 e. The first-order valence-corrected chi connectivity index (χ1v) is 20.5. The number of imidazole rings is 1. The Balaban J connectivity index is 0.773. The summed E-state index contributed by atoms with van der Waals surface area (Å²) in [4.78, 5) is 65.7. The van der Waals surface area contributed by atoms with Crippen LogP contribution in [0.3, 0.4) is 0 Å². The highest BCUT2D eigenvalue weighted by molar-refractivity contribution is 6.13. The summed E-state index contributed by atoms with van der Waals surface area (Å²) in [5, 5.41) is 0. The minimum Gasteiger partial charge on any atom is -0.457 e. The molecule has 64 heavy (non-hydrogen) atoms. The number of aryl methyl sites for hydroxylation is 2. The predicted molar refractivity (Wildman–Crippen MR) is 246 cm³/mol. The second kappa shape index (κ2) is 17.4. The van der Waals surface area contributed by atoms with E-state index in [0.717, 1.165) is 16.6 Å². The van der Waals surface area contributed by atoms with Crippen LogP contribution >= 0.6 is 0 Å². The number of hydrogen-bond donors (Lipinski definition) is 0. The van der Waals surface area contributed by atoms with E-state index in [-0.39, 0.29) is 28.8 Å². The number of rotatable bonds is 13. The van der Waals surface area contributed by atoms with Gasteiger partial charge < -0.3 is 9.47 Å². The Morgan fingerprint density at radius 3 is 0.969 bits per heavy atom. The molecule has 0 unspecified atom stereocenters. The van der Waals surface area contributed by atoms with Gasteiger partial charge in [-0.1, -0.05) is 90.5 Å². The van der Waals surface area contributed by atoms with Crippen molar-refractivity contribution >= 4 is 34.2 Å². The van der Waals surface area contributed by atoms with Crippen molar-refractivity contribution in [3.8, 4) is 28.7 Å². The Bertz CT molecular complexity index is 3260. The zero-order valence-corrected chi connectivity index (χ0v) is 34.7. The number of aromatic nitrogens is 2.